The Kier molecular flexibility index (Phi) is 5.17. The van der Waals surface area contributed by atoms with Gasteiger partial charge in [0.05, 0.1) is 11.7 Å². The van der Waals surface area contributed by atoms with Crippen LogP contribution in [0.4, 0.5) is 0 Å². The average Bonchev–Trinajstić information content (AvgIpc) is 2.83. The lowest BCUT2D eigenvalue weighted by molar-refractivity contribution is -0.160. The van der Waals surface area contributed by atoms with Gasteiger partial charge in [0.15, 0.2) is 8.32 Å². The van der Waals surface area contributed by atoms with Gasteiger partial charge in [0, 0.05) is 5.41 Å². The molecule has 3 aliphatic carbocycles. The first-order valence-corrected chi connectivity index (χ1v) is 18.4. The molecule has 0 aliphatic heterocycles. The molecule has 0 bridgehead atoms. The molecule has 1 aromatic rings. The molecule has 5 heteroatoms. The minimum Gasteiger partial charge on any atom is -0.544 e. The molecular formula is C24H40O3Si2. The Morgan fingerprint density at radius 3 is 2.34 bits per heavy atom. The maximum absolute atomic E-state index is 12.1. The van der Waals surface area contributed by atoms with Gasteiger partial charge in [0.2, 0.25) is 8.32 Å². The van der Waals surface area contributed by atoms with Gasteiger partial charge in [0.1, 0.15) is 5.75 Å². The predicted molar refractivity (Wildman–Crippen MR) is 125 cm³/mol. The summed E-state index contributed by atoms with van der Waals surface area (Å²) < 4.78 is 12.9. The maximum atomic E-state index is 12.1. The summed E-state index contributed by atoms with van der Waals surface area (Å²) in [6, 6.07) is 6.76. The Hall–Kier alpha value is -0.626. The van der Waals surface area contributed by atoms with E-state index in [4.69, 9.17) is 8.85 Å². The standard InChI is InChI=1S/C24H40O3Si2/c1-23-14-12-20-19-10-9-18(26-28(2,3)4)16-17(19)8-11-21(20)24(23,25)15-13-22(23)27-29(5,6)7/h9-10,16,20-22,25H,8,11-15H2,1-7H3. The summed E-state index contributed by atoms with van der Waals surface area (Å²) in [6.45, 7) is 15.8. The highest BCUT2D eigenvalue weighted by Gasteiger charge is 2.64. The van der Waals surface area contributed by atoms with Crippen molar-refractivity contribution in [2.45, 2.75) is 102 Å². The average molecular weight is 433 g/mol. The Bertz CT molecular complexity index is 781. The number of benzene rings is 1. The molecule has 0 amide bonds. The number of rotatable bonds is 4. The normalized spacial score (nSPS) is 36.9. The summed E-state index contributed by atoms with van der Waals surface area (Å²) in [7, 11) is -3.22. The van der Waals surface area contributed by atoms with Gasteiger partial charge < -0.3 is 14.0 Å². The third kappa shape index (κ3) is 3.77. The lowest BCUT2D eigenvalue weighted by Gasteiger charge is -2.56. The van der Waals surface area contributed by atoms with Crippen molar-refractivity contribution in [2.24, 2.45) is 11.3 Å². The van der Waals surface area contributed by atoms with Crippen LogP contribution >= 0.6 is 0 Å². The Morgan fingerprint density at radius 2 is 1.69 bits per heavy atom. The summed E-state index contributed by atoms with van der Waals surface area (Å²) in [4.78, 5) is 0. The van der Waals surface area contributed by atoms with Crippen molar-refractivity contribution in [3.05, 3.63) is 29.3 Å². The minimum atomic E-state index is -1.63. The molecule has 4 rings (SSSR count). The van der Waals surface area contributed by atoms with E-state index < -0.39 is 22.2 Å². The zero-order valence-electron chi connectivity index (χ0n) is 19.5. The van der Waals surface area contributed by atoms with Gasteiger partial charge in [-0.05, 0) is 113 Å². The van der Waals surface area contributed by atoms with Crippen LogP contribution in [0.5, 0.6) is 5.75 Å². The maximum Gasteiger partial charge on any atom is 0.242 e. The highest BCUT2D eigenvalue weighted by Crippen LogP contribution is 2.64. The third-order valence-corrected chi connectivity index (χ3v) is 9.56. The van der Waals surface area contributed by atoms with E-state index in [2.05, 4.69) is 64.4 Å². The van der Waals surface area contributed by atoms with Crippen molar-refractivity contribution in [1.29, 1.82) is 0 Å². The van der Waals surface area contributed by atoms with E-state index in [1.165, 1.54) is 11.1 Å². The van der Waals surface area contributed by atoms with Crippen LogP contribution in [0.25, 0.3) is 0 Å². The van der Waals surface area contributed by atoms with Gasteiger partial charge in [0.25, 0.3) is 0 Å². The second-order valence-electron chi connectivity index (χ2n) is 12.0. The molecule has 3 aliphatic rings. The van der Waals surface area contributed by atoms with Crippen LogP contribution in [-0.2, 0) is 10.8 Å². The van der Waals surface area contributed by atoms with Crippen LogP contribution in [0.2, 0.25) is 39.3 Å². The number of aryl methyl sites for hydroxylation is 1. The molecule has 0 saturated heterocycles. The minimum absolute atomic E-state index is 0.104. The van der Waals surface area contributed by atoms with Gasteiger partial charge in [-0.15, -0.1) is 0 Å². The molecule has 0 radical (unpaired) electrons. The SMILES string of the molecule is CC12CCC3c4ccc(O[Si](C)(C)C)cc4CCC3C1(O)CCC2O[Si](C)(C)C. The Labute approximate surface area is 179 Å². The van der Waals surface area contributed by atoms with Crippen LogP contribution in [0, 0.1) is 11.3 Å². The van der Waals surface area contributed by atoms with Crippen LogP contribution in [0.15, 0.2) is 18.2 Å². The molecule has 5 atom stereocenters. The van der Waals surface area contributed by atoms with Crippen molar-refractivity contribution >= 4 is 16.6 Å². The summed E-state index contributed by atoms with van der Waals surface area (Å²) in [5, 5.41) is 12.1. The lowest BCUT2D eigenvalue weighted by Crippen LogP contribution is -2.58. The Morgan fingerprint density at radius 1 is 0.966 bits per heavy atom. The molecule has 162 valence electrons. The lowest BCUT2D eigenvalue weighted by atomic mass is 9.53. The smallest absolute Gasteiger partial charge is 0.242 e. The first-order valence-electron chi connectivity index (χ1n) is 11.5. The van der Waals surface area contributed by atoms with E-state index in [0.717, 1.165) is 44.3 Å². The molecule has 2 saturated carbocycles. The zero-order valence-corrected chi connectivity index (χ0v) is 21.5. The fourth-order valence-corrected chi connectivity index (χ4v) is 8.59. The number of fused-ring (bicyclic) bond motifs is 5. The second-order valence-corrected chi connectivity index (χ2v) is 20.9. The topological polar surface area (TPSA) is 38.7 Å². The van der Waals surface area contributed by atoms with E-state index in [0.29, 0.717) is 11.8 Å². The number of hydrogen-bond acceptors (Lipinski definition) is 3. The predicted octanol–water partition coefficient (Wildman–Crippen LogP) is 6.09. The zero-order chi connectivity index (χ0) is 21.2. The summed E-state index contributed by atoms with van der Waals surface area (Å²) in [5.41, 5.74) is 2.22. The van der Waals surface area contributed by atoms with Crippen LogP contribution in [-0.4, -0.2) is 33.4 Å². The largest absolute Gasteiger partial charge is 0.544 e. The number of aliphatic hydroxyl groups is 1. The van der Waals surface area contributed by atoms with E-state index in [1.54, 1.807) is 0 Å². The van der Waals surface area contributed by atoms with Gasteiger partial charge >= 0.3 is 0 Å². The first-order chi connectivity index (χ1) is 13.3. The molecule has 3 nitrogen and oxygen atoms in total. The molecule has 2 fully saturated rings. The fraction of sp³-hybridized carbons (Fsp3) is 0.750. The fourth-order valence-electron chi connectivity index (χ4n) is 6.53. The van der Waals surface area contributed by atoms with E-state index in [1.807, 2.05) is 0 Å². The highest BCUT2D eigenvalue weighted by atomic mass is 28.4. The van der Waals surface area contributed by atoms with Crippen LogP contribution in [0.1, 0.15) is 56.1 Å². The van der Waals surface area contributed by atoms with Crippen LogP contribution < -0.4 is 4.43 Å². The summed E-state index contributed by atoms with van der Waals surface area (Å²) >= 11 is 0. The van der Waals surface area contributed by atoms with Gasteiger partial charge in [-0.3, -0.25) is 0 Å². The third-order valence-electron chi connectivity index (χ3n) is 7.72. The monoisotopic (exact) mass is 432 g/mol. The molecule has 1 aromatic carbocycles. The van der Waals surface area contributed by atoms with Gasteiger partial charge in [-0.1, -0.05) is 13.0 Å². The molecule has 0 spiro atoms. The molecule has 0 aromatic heterocycles. The van der Waals surface area contributed by atoms with Crippen molar-refractivity contribution in [3.63, 3.8) is 0 Å². The highest BCUT2D eigenvalue weighted by molar-refractivity contribution is 6.70. The van der Waals surface area contributed by atoms with E-state index >= 15 is 0 Å². The van der Waals surface area contributed by atoms with Crippen molar-refractivity contribution in [1.82, 2.24) is 0 Å². The molecule has 0 heterocycles. The van der Waals surface area contributed by atoms with Crippen molar-refractivity contribution in [2.75, 3.05) is 0 Å². The van der Waals surface area contributed by atoms with Crippen molar-refractivity contribution < 1.29 is 14.0 Å². The quantitative estimate of drug-likeness (QED) is 0.585. The molecule has 1 N–H and O–H groups in total. The van der Waals surface area contributed by atoms with E-state index in [9.17, 15) is 5.11 Å². The van der Waals surface area contributed by atoms with E-state index in [-0.39, 0.29) is 11.5 Å². The molecule has 5 unspecified atom stereocenters. The second kappa shape index (κ2) is 6.94. The Balaban J connectivity index is 1.61. The van der Waals surface area contributed by atoms with Crippen molar-refractivity contribution in [3.8, 4) is 5.75 Å². The molecular weight excluding hydrogens is 392 g/mol. The van der Waals surface area contributed by atoms with Gasteiger partial charge in [-0.2, -0.15) is 0 Å². The summed E-state index contributed by atoms with van der Waals surface area (Å²) in [6.07, 6.45) is 6.48. The molecule has 29 heavy (non-hydrogen) atoms. The van der Waals surface area contributed by atoms with Gasteiger partial charge in [-0.25, -0.2) is 0 Å². The summed E-state index contributed by atoms with van der Waals surface area (Å²) in [5.74, 6) is 1.86. The van der Waals surface area contributed by atoms with Crippen LogP contribution in [0.3, 0.4) is 0 Å². The number of hydrogen-bond donors (Lipinski definition) is 1. The first kappa shape index (κ1) is 21.6.